The first-order valence-electron chi connectivity index (χ1n) is 9.73. The van der Waals surface area contributed by atoms with Gasteiger partial charge in [-0.3, -0.25) is 13.9 Å². The van der Waals surface area contributed by atoms with Gasteiger partial charge in [0.2, 0.25) is 10.0 Å². The Morgan fingerprint density at radius 3 is 2.79 bits per heavy atom. The van der Waals surface area contributed by atoms with Crippen molar-refractivity contribution in [3.8, 4) is 11.3 Å². The number of thiazole rings is 1. The molecule has 9 heteroatoms. The second-order valence-corrected chi connectivity index (χ2v) is 10.3. The van der Waals surface area contributed by atoms with E-state index in [0.29, 0.717) is 23.0 Å². The van der Waals surface area contributed by atoms with E-state index in [4.69, 9.17) is 0 Å². The number of benzene rings is 1. The zero-order chi connectivity index (χ0) is 20.6. The predicted molar refractivity (Wildman–Crippen MR) is 116 cm³/mol. The molecule has 1 amide bonds. The van der Waals surface area contributed by atoms with Gasteiger partial charge in [-0.2, -0.15) is 0 Å². The van der Waals surface area contributed by atoms with Crippen LogP contribution in [0, 0.1) is 5.92 Å². The van der Waals surface area contributed by atoms with Crippen molar-refractivity contribution in [3.63, 3.8) is 0 Å². The molecule has 0 atom stereocenters. The Labute approximate surface area is 174 Å². The van der Waals surface area contributed by atoms with Crippen molar-refractivity contribution in [2.75, 3.05) is 23.6 Å². The molecule has 1 aliphatic rings. The number of amides is 1. The molecule has 0 unspecified atom stereocenters. The number of hydrogen-bond donors (Lipinski definition) is 1. The smallest absolute Gasteiger partial charge is 0.271 e. The van der Waals surface area contributed by atoms with E-state index in [0.717, 1.165) is 36.5 Å². The lowest BCUT2D eigenvalue weighted by Crippen LogP contribution is -2.38. The van der Waals surface area contributed by atoms with Crippen LogP contribution < -0.4 is 4.72 Å². The number of likely N-dealkylation sites (tertiary alicyclic amines) is 1. The molecule has 154 valence electrons. The maximum absolute atomic E-state index is 13.0. The molecule has 1 aromatic carbocycles. The lowest BCUT2D eigenvalue weighted by Gasteiger charge is -2.30. The maximum Gasteiger partial charge on any atom is 0.271 e. The van der Waals surface area contributed by atoms with Gasteiger partial charge in [-0.15, -0.1) is 11.3 Å². The predicted octanol–water partition coefficient (Wildman–Crippen LogP) is 3.70. The normalized spacial score (nSPS) is 15.7. The van der Waals surface area contributed by atoms with Crippen LogP contribution in [-0.4, -0.2) is 47.5 Å². The Morgan fingerprint density at radius 1 is 1.31 bits per heavy atom. The van der Waals surface area contributed by atoms with Crippen molar-refractivity contribution in [3.05, 3.63) is 41.5 Å². The van der Waals surface area contributed by atoms with E-state index in [1.807, 2.05) is 26.9 Å². The number of carbonyl (C=O) groups excluding carboxylic acids is 1. The number of nitrogens with one attached hydrogen (secondary N) is 1. The van der Waals surface area contributed by atoms with E-state index in [1.54, 1.807) is 25.1 Å². The van der Waals surface area contributed by atoms with Gasteiger partial charge in [0.25, 0.3) is 5.91 Å². The van der Waals surface area contributed by atoms with Gasteiger partial charge in [0.1, 0.15) is 5.69 Å². The number of piperidine rings is 1. The standard InChI is InChI=1S/C20H24N4O3S2/c1-3-29(26,27)22-16-6-4-5-15(11-16)17-12-24-18(13-28-20(24)21-17)19(25)23-9-7-14(2)8-10-23/h4-6,11-14,22H,3,7-10H2,1-2H3. The Balaban J connectivity index is 1.61. The van der Waals surface area contributed by atoms with Gasteiger partial charge >= 0.3 is 0 Å². The third kappa shape index (κ3) is 4.16. The molecule has 0 spiro atoms. The Bertz CT molecular complexity index is 1140. The maximum atomic E-state index is 13.0. The van der Waals surface area contributed by atoms with Gasteiger partial charge in [0.15, 0.2) is 4.96 Å². The monoisotopic (exact) mass is 432 g/mol. The van der Waals surface area contributed by atoms with Crippen molar-refractivity contribution in [1.82, 2.24) is 14.3 Å². The summed E-state index contributed by atoms with van der Waals surface area (Å²) < 4.78 is 28.1. The lowest BCUT2D eigenvalue weighted by molar-refractivity contribution is 0.0690. The number of fused-ring (bicyclic) bond motifs is 1. The van der Waals surface area contributed by atoms with Crippen molar-refractivity contribution < 1.29 is 13.2 Å². The number of carbonyl (C=O) groups is 1. The molecular formula is C20H24N4O3S2. The second-order valence-electron chi connectivity index (χ2n) is 7.46. The summed E-state index contributed by atoms with van der Waals surface area (Å²) in [4.78, 5) is 20.3. The zero-order valence-corrected chi connectivity index (χ0v) is 18.1. The van der Waals surface area contributed by atoms with Crippen LogP contribution in [0.25, 0.3) is 16.2 Å². The molecule has 1 fully saturated rings. The number of aromatic nitrogens is 2. The topological polar surface area (TPSA) is 83.8 Å². The summed E-state index contributed by atoms with van der Waals surface area (Å²) in [6.45, 7) is 5.40. The molecule has 0 radical (unpaired) electrons. The van der Waals surface area contributed by atoms with E-state index in [1.165, 1.54) is 11.3 Å². The molecule has 0 saturated carbocycles. The highest BCUT2D eigenvalue weighted by atomic mass is 32.2. The summed E-state index contributed by atoms with van der Waals surface area (Å²) in [5, 5.41) is 1.86. The van der Waals surface area contributed by atoms with Gasteiger partial charge in [-0.25, -0.2) is 13.4 Å². The number of rotatable bonds is 5. The fourth-order valence-electron chi connectivity index (χ4n) is 3.44. The highest BCUT2D eigenvalue weighted by molar-refractivity contribution is 7.92. The summed E-state index contributed by atoms with van der Waals surface area (Å²) in [6.07, 6.45) is 3.92. The number of anilines is 1. The van der Waals surface area contributed by atoms with Gasteiger partial charge in [0.05, 0.1) is 11.4 Å². The molecule has 3 aromatic rings. The molecule has 7 nitrogen and oxygen atoms in total. The van der Waals surface area contributed by atoms with E-state index >= 15 is 0 Å². The Kier molecular flexibility index (Phi) is 5.35. The van der Waals surface area contributed by atoms with Crippen LogP contribution >= 0.6 is 11.3 Å². The molecule has 4 rings (SSSR count). The van der Waals surface area contributed by atoms with Crippen molar-refractivity contribution in [1.29, 1.82) is 0 Å². The molecule has 1 N–H and O–H groups in total. The molecule has 29 heavy (non-hydrogen) atoms. The molecule has 2 aromatic heterocycles. The fourth-order valence-corrected chi connectivity index (χ4v) is 4.92. The minimum atomic E-state index is -3.34. The summed E-state index contributed by atoms with van der Waals surface area (Å²) in [5.74, 6) is 0.716. The summed E-state index contributed by atoms with van der Waals surface area (Å²) in [5.41, 5.74) is 2.62. The van der Waals surface area contributed by atoms with Crippen LogP contribution in [0.3, 0.4) is 0 Å². The van der Waals surface area contributed by atoms with Gasteiger partial charge in [-0.1, -0.05) is 19.1 Å². The zero-order valence-electron chi connectivity index (χ0n) is 16.5. The van der Waals surface area contributed by atoms with Crippen LogP contribution in [0.1, 0.15) is 37.2 Å². The van der Waals surface area contributed by atoms with Crippen LogP contribution in [0.15, 0.2) is 35.8 Å². The summed E-state index contributed by atoms with van der Waals surface area (Å²) >= 11 is 1.43. The first kappa shape index (κ1) is 19.9. The minimum Gasteiger partial charge on any atom is -0.337 e. The van der Waals surface area contributed by atoms with Gasteiger partial charge in [0, 0.05) is 35.9 Å². The molecule has 0 bridgehead atoms. The Morgan fingerprint density at radius 2 is 2.07 bits per heavy atom. The lowest BCUT2D eigenvalue weighted by atomic mass is 9.99. The van der Waals surface area contributed by atoms with Crippen LogP contribution in [0.4, 0.5) is 5.69 Å². The highest BCUT2D eigenvalue weighted by Gasteiger charge is 2.24. The van der Waals surface area contributed by atoms with Crippen molar-refractivity contribution in [2.24, 2.45) is 5.92 Å². The quantitative estimate of drug-likeness (QED) is 0.666. The SMILES string of the molecule is CCS(=O)(=O)Nc1cccc(-c2cn3c(C(=O)N4CCC(C)CC4)csc3n2)c1. The van der Waals surface area contributed by atoms with E-state index < -0.39 is 10.0 Å². The van der Waals surface area contributed by atoms with Gasteiger partial charge < -0.3 is 4.90 Å². The average molecular weight is 433 g/mol. The summed E-state index contributed by atoms with van der Waals surface area (Å²) in [7, 11) is -3.34. The molecule has 1 aliphatic heterocycles. The number of sulfonamides is 1. The first-order chi connectivity index (χ1) is 13.9. The number of nitrogens with zero attached hydrogens (tertiary/aromatic N) is 3. The minimum absolute atomic E-state index is 0.0121. The van der Waals surface area contributed by atoms with E-state index in [9.17, 15) is 13.2 Å². The average Bonchev–Trinajstić information content (AvgIpc) is 3.29. The molecule has 3 heterocycles. The Hall–Kier alpha value is -2.39. The summed E-state index contributed by atoms with van der Waals surface area (Å²) in [6, 6.07) is 7.13. The first-order valence-corrected chi connectivity index (χ1v) is 12.3. The number of hydrogen-bond acceptors (Lipinski definition) is 5. The molecule has 1 saturated heterocycles. The van der Waals surface area contributed by atoms with Crippen molar-refractivity contribution in [2.45, 2.75) is 26.7 Å². The highest BCUT2D eigenvalue weighted by Crippen LogP contribution is 2.27. The van der Waals surface area contributed by atoms with Crippen LogP contribution in [0.2, 0.25) is 0 Å². The van der Waals surface area contributed by atoms with E-state index in [2.05, 4.69) is 16.6 Å². The third-order valence-electron chi connectivity index (χ3n) is 5.31. The third-order valence-corrected chi connectivity index (χ3v) is 7.46. The van der Waals surface area contributed by atoms with Crippen LogP contribution in [0.5, 0.6) is 0 Å². The molecule has 0 aliphatic carbocycles. The van der Waals surface area contributed by atoms with E-state index in [-0.39, 0.29) is 11.7 Å². The second kappa shape index (κ2) is 7.79. The van der Waals surface area contributed by atoms with Crippen molar-refractivity contribution >= 4 is 37.9 Å². The molecular weight excluding hydrogens is 408 g/mol. The largest absolute Gasteiger partial charge is 0.337 e. The fraction of sp³-hybridized carbons (Fsp3) is 0.400. The number of imidazole rings is 1. The van der Waals surface area contributed by atoms with Crippen LogP contribution in [-0.2, 0) is 10.0 Å². The van der Waals surface area contributed by atoms with Gasteiger partial charge in [-0.05, 0) is 37.8 Å².